The minimum atomic E-state index is -3.84. The number of hydrazone groups is 1. The summed E-state index contributed by atoms with van der Waals surface area (Å²) >= 11 is 0. The van der Waals surface area contributed by atoms with Crippen molar-refractivity contribution >= 4 is 38.6 Å². The van der Waals surface area contributed by atoms with Gasteiger partial charge in [0.05, 0.1) is 18.2 Å². The molecule has 0 unspecified atom stereocenters. The number of benzene rings is 4. The highest BCUT2D eigenvalue weighted by atomic mass is 32.2. The number of amides is 1. The number of nitrogens with one attached hydrogen (secondary N) is 2. The number of methoxy groups -OCH3 is 1. The van der Waals surface area contributed by atoms with Crippen LogP contribution in [0.1, 0.15) is 11.1 Å². The predicted molar refractivity (Wildman–Crippen MR) is 140 cm³/mol. The smallest absolute Gasteiger partial charge is 0.276 e. The summed E-state index contributed by atoms with van der Waals surface area (Å²) in [6.07, 6.45) is 1.36. The van der Waals surface area contributed by atoms with E-state index in [9.17, 15) is 13.2 Å². The number of anilines is 1. The molecule has 1 amide bonds. The molecule has 0 heterocycles. The summed E-state index contributed by atoms with van der Waals surface area (Å²) in [5.74, 6) is 0.430. The monoisotopic (exact) mass is 503 g/mol. The van der Waals surface area contributed by atoms with Gasteiger partial charge in [-0.2, -0.15) is 13.5 Å². The first kappa shape index (κ1) is 24.7. The van der Waals surface area contributed by atoms with Crippen molar-refractivity contribution in [2.75, 3.05) is 19.0 Å². The van der Waals surface area contributed by atoms with E-state index >= 15 is 0 Å². The maximum Gasteiger partial charge on any atom is 0.276 e. The van der Waals surface area contributed by atoms with Crippen LogP contribution in [0.4, 0.5) is 5.69 Å². The van der Waals surface area contributed by atoms with Crippen molar-refractivity contribution in [2.45, 2.75) is 11.8 Å². The molecule has 0 aliphatic carbocycles. The lowest BCUT2D eigenvalue weighted by Gasteiger charge is -2.11. The van der Waals surface area contributed by atoms with Gasteiger partial charge in [-0.3, -0.25) is 4.79 Å². The number of ether oxygens (including phenoxy) is 2. The van der Waals surface area contributed by atoms with Crippen LogP contribution < -0.4 is 19.6 Å². The molecule has 0 aromatic heterocycles. The number of aryl methyl sites for hydroxylation is 1. The fourth-order valence-corrected chi connectivity index (χ4v) is 4.24. The summed E-state index contributed by atoms with van der Waals surface area (Å²) in [4.78, 5) is 14.5. The molecule has 184 valence electrons. The summed E-state index contributed by atoms with van der Waals surface area (Å²) in [5, 5.41) is 8.40. The average molecular weight is 504 g/mol. The number of nitrogens with zero attached hydrogens (tertiary/aromatic N) is 1. The zero-order valence-electron chi connectivity index (χ0n) is 19.8. The van der Waals surface area contributed by atoms with Crippen LogP contribution in [0.2, 0.25) is 0 Å². The van der Waals surface area contributed by atoms with E-state index in [0.29, 0.717) is 22.7 Å². The van der Waals surface area contributed by atoms with E-state index in [0.717, 1.165) is 16.3 Å². The Bertz CT molecular complexity index is 1520. The molecule has 0 spiro atoms. The molecular weight excluding hydrogens is 478 g/mol. The SMILES string of the molecule is COc1cc(/C=N\NS(=O)(=O)c2ccc3ccccc3c2)ccc1OCC(=O)Nc1ccc(C)cc1. The molecule has 0 fully saturated rings. The highest BCUT2D eigenvalue weighted by molar-refractivity contribution is 7.89. The molecule has 8 nitrogen and oxygen atoms in total. The number of sulfonamides is 1. The van der Waals surface area contributed by atoms with Crippen LogP contribution in [-0.2, 0) is 14.8 Å². The van der Waals surface area contributed by atoms with Crippen LogP contribution in [0.5, 0.6) is 11.5 Å². The van der Waals surface area contributed by atoms with E-state index in [4.69, 9.17) is 9.47 Å². The van der Waals surface area contributed by atoms with Crippen LogP contribution in [0.15, 0.2) is 94.9 Å². The van der Waals surface area contributed by atoms with Crippen molar-refractivity contribution < 1.29 is 22.7 Å². The third-order valence-electron chi connectivity index (χ3n) is 5.30. The molecule has 0 atom stereocenters. The van der Waals surface area contributed by atoms with Crippen molar-refractivity contribution in [3.05, 3.63) is 96.1 Å². The molecule has 9 heteroatoms. The lowest BCUT2D eigenvalue weighted by molar-refractivity contribution is -0.118. The Hall–Kier alpha value is -4.37. The normalized spacial score (nSPS) is 11.4. The van der Waals surface area contributed by atoms with Gasteiger partial charge in [0.1, 0.15) is 0 Å². The zero-order chi connectivity index (χ0) is 25.5. The van der Waals surface area contributed by atoms with Gasteiger partial charge in [-0.15, -0.1) is 0 Å². The third-order valence-corrected chi connectivity index (χ3v) is 6.52. The van der Waals surface area contributed by atoms with E-state index in [1.54, 1.807) is 30.3 Å². The van der Waals surface area contributed by atoms with Crippen molar-refractivity contribution in [2.24, 2.45) is 5.10 Å². The summed E-state index contributed by atoms with van der Waals surface area (Å²) in [5.41, 5.74) is 2.35. The van der Waals surface area contributed by atoms with E-state index in [2.05, 4.69) is 15.2 Å². The molecule has 2 N–H and O–H groups in total. The Morgan fingerprint density at radius 1 is 0.917 bits per heavy atom. The molecule has 36 heavy (non-hydrogen) atoms. The summed E-state index contributed by atoms with van der Waals surface area (Å²) in [7, 11) is -2.37. The van der Waals surface area contributed by atoms with Gasteiger partial charge >= 0.3 is 0 Å². The lowest BCUT2D eigenvalue weighted by atomic mass is 10.1. The second kappa shape index (κ2) is 10.9. The van der Waals surface area contributed by atoms with Gasteiger partial charge in [-0.1, -0.05) is 48.0 Å². The molecule has 4 rings (SSSR count). The molecule has 4 aromatic carbocycles. The summed E-state index contributed by atoms with van der Waals surface area (Å²) in [6, 6.07) is 24.7. The Balaban J connectivity index is 1.38. The summed E-state index contributed by atoms with van der Waals surface area (Å²) < 4.78 is 36.2. The molecule has 0 saturated carbocycles. The van der Waals surface area contributed by atoms with Crippen molar-refractivity contribution in [3.8, 4) is 11.5 Å². The Morgan fingerprint density at radius 3 is 2.42 bits per heavy atom. The number of carbonyl (C=O) groups is 1. The van der Waals surface area contributed by atoms with Crippen LogP contribution in [0.3, 0.4) is 0 Å². The number of hydrogen-bond acceptors (Lipinski definition) is 6. The minimum absolute atomic E-state index is 0.114. The largest absolute Gasteiger partial charge is 0.493 e. The molecule has 4 aromatic rings. The van der Waals surface area contributed by atoms with Crippen LogP contribution in [-0.4, -0.2) is 34.3 Å². The van der Waals surface area contributed by atoms with Gasteiger partial charge in [0.2, 0.25) is 0 Å². The number of hydrogen-bond donors (Lipinski definition) is 2. The van der Waals surface area contributed by atoms with Crippen LogP contribution in [0, 0.1) is 6.92 Å². The van der Waals surface area contributed by atoms with E-state index in [1.165, 1.54) is 19.4 Å². The summed E-state index contributed by atoms with van der Waals surface area (Å²) in [6.45, 7) is 1.76. The highest BCUT2D eigenvalue weighted by Gasteiger charge is 2.13. The number of rotatable bonds is 9. The predicted octanol–water partition coefficient (Wildman–Crippen LogP) is 4.49. The average Bonchev–Trinajstić information content (AvgIpc) is 2.88. The first-order valence-electron chi connectivity index (χ1n) is 11.0. The van der Waals surface area contributed by atoms with E-state index in [-0.39, 0.29) is 17.4 Å². The molecule has 0 radical (unpaired) electrons. The molecule has 0 bridgehead atoms. The third kappa shape index (κ3) is 6.19. The highest BCUT2D eigenvalue weighted by Crippen LogP contribution is 2.27. The van der Waals surface area contributed by atoms with E-state index in [1.807, 2.05) is 55.5 Å². The van der Waals surface area contributed by atoms with Crippen molar-refractivity contribution in [3.63, 3.8) is 0 Å². The van der Waals surface area contributed by atoms with Gasteiger partial charge in [0.25, 0.3) is 15.9 Å². The van der Waals surface area contributed by atoms with Gasteiger partial charge in [0, 0.05) is 5.69 Å². The quantitative estimate of drug-likeness (QED) is 0.259. The first-order chi connectivity index (χ1) is 17.3. The topological polar surface area (TPSA) is 106 Å². The van der Waals surface area contributed by atoms with Gasteiger partial charge in [0.15, 0.2) is 18.1 Å². The maximum atomic E-state index is 12.6. The standard InChI is InChI=1S/C27H25N3O5S/c1-19-7-11-23(12-8-19)29-27(31)18-35-25-14-9-20(15-26(25)34-2)17-28-30-36(32,33)24-13-10-21-5-3-4-6-22(21)16-24/h3-17,30H,18H2,1-2H3,(H,29,31)/b28-17-. The van der Waals surface area contributed by atoms with E-state index < -0.39 is 10.0 Å². The first-order valence-corrected chi connectivity index (χ1v) is 12.5. The number of carbonyl (C=O) groups excluding carboxylic acids is 1. The van der Waals surface area contributed by atoms with Crippen molar-refractivity contribution in [1.29, 1.82) is 0 Å². The van der Waals surface area contributed by atoms with Crippen LogP contribution in [0.25, 0.3) is 10.8 Å². The fourth-order valence-electron chi connectivity index (χ4n) is 3.42. The van der Waals surface area contributed by atoms with Gasteiger partial charge < -0.3 is 14.8 Å². The van der Waals surface area contributed by atoms with Gasteiger partial charge in [-0.25, -0.2) is 4.83 Å². The molecule has 0 aliphatic heterocycles. The zero-order valence-corrected chi connectivity index (χ0v) is 20.6. The molecule has 0 aliphatic rings. The van der Waals surface area contributed by atoms with Crippen molar-refractivity contribution in [1.82, 2.24) is 4.83 Å². The van der Waals surface area contributed by atoms with Crippen LogP contribution >= 0.6 is 0 Å². The Labute approximate surface area is 209 Å². The maximum absolute atomic E-state index is 12.6. The molecular formula is C27H25N3O5S. The van der Waals surface area contributed by atoms with Gasteiger partial charge in [-0.05, 0) is 65.7 Å². The second-order valence-electron chi connectivity index (χ2n) is 7.98. The Kier molecular flexibility index (Phi) is 7.50. The molecule has 0 saturated heterocycles. The number of fused-ring (bicyclic) bond motifs is 1. The lowest BCUT2D eigenvalue weighted by Crippen LogP contribution is -2.20. The minimum Gasteiger partial charge on any atom is -0.493 e. The second-order valence-corrected chi connectivity index (χ2v) is 9.64. The Morgan fingerprint density at radius 2 is 1.67 bits per heavy atom. The fraction of sp³-hybridized carbons (Fsp3) is 0.111.